The number of hydrogen-bond donors (Lipinski definition) is 1. The molecule has 0 unspecified atom stereocenters. The Morgan fingerprint density at radius 1 is 1.10 bits per heavy atom. The van der Waals surface area contributed by atoms with Crippen molar-refractivity contribution in [3.63, 3.8) is 0 Å². The zero-order valence-electron chi connectivity index (χ0n) is 12.9. The fourth-order valence-corrected chi connectivity index (χ4v) is 3.24. The Bertz CT molecular complexity index is 452. The Morgan fingerprint density at radius 2 is 1.52 bits per heavy atom. The van der Waals surface area contributed by atoms with Crippen molar-refractivity contribution < 1.29 is 24.3 Å². The molecule has 2 fully saturated rings. The first-order valence-electron chi connectivity index (χ1n) is 7.10. The maximum absolute atomic E-state index is 12.0. The molecule has 3 amide bonds. The van der Waals surface area contributed by atoms with Crippen molar-refractivity contribution in [2.45, 2.75) is 70.6 Å². The molecule has 0 spiro atoms. The fourth-order valence-electron chi connectivity index (χ4n) is 3.24. The van der Waals surface area contributed by atoms with Gasteiger partial charge < -0.3 is 9.94 Å². The summed E-state index contributed by atoms with van der Waals surface area (Å²) in [6, 6.07) is 0. The molecule has 0 aromatic rings. The number of imide groups is 3. The minimum atomic E-state index is -0.898. The van der Waals surface area contributed by atoms with Gasteiger partial charge in [0.2, 0.25) is 11.8 Å². The van der Waals surface area contributed by atoms with Gasteiger partial charge in [-0.25, -0.2) is 4.79 Å². The molecule has 1 N–H and O–H groups in total. The van der Waals surface area contributed by atoms with Crippen LogP contribution in [0.2, 0.25) is 0 Å². The normalized spacial score (nSPS) is 26.2. The van der Waals surface area contributed by atoms with Crippen molar-refractivity contribution in [2.24, 2.45) is 0 Å². The zero-order valence-corrected chi connectivity index (χ0v) is 12.9. The number of likely N-dealkylation sites (tertiary alicyclic amines) is 1. The lowest BCUT2D eigenvalue weighted by atomic mass is 9.80. The summed E-state index contributed by atoms with van der Waals surface area (Å²) in [5.41, 5.74) is -1.13. The number of piperidine rings is 1. The van der Waals surface area contributed by atoms with Crippen LogP contribution in [0.4, 0.5) is 4.79 Å². The topological polar surface area (TPSA) is 87.2 Å². The van der Waals surface area contributed by atoms with Crippen LogP contribution in [0.25, 0.3) is 0 Å². The highest BCUT2D eigenvalue weighted by molar-refractivity contribution is 6.13. The van der Waals surface area contributed by atoms with Gasteiger partial charge in [0, 0.05) is 36.8 Å². The molecule has 2 saturated heterocycles. The number of rotatable bonds is 1. The quantitative estimate of drug-likeness (QED) is 0.741. The second kappa shape index (κ2) is 5.06. The van der Waals surface area contributed by atoms with Gasteiger partial charge in [0.15, 0.2) is 0 Å². The van der Waals surface area contributed by atoms with Crippen molar-refractivity contribution in [3.8, 4) is 0 Å². The van der Waals surface area contributed by atoms with Crippen LogP contribution in [-0.2, 0) is 14.3 Å². The monoisotopic (exact) mass is 298 g/mol. The van der Waals surface area contributed by atoms with Crippen LogP contribution in [0.5, 0.6) is 0 Å². The molecular weight excluding hydrogens is 276 g/mol. The maximum Gasteiger partial charge on any atom is 0.423 e. The van der Waals surface area contributed by atoms with E-state index in [0.717, 1.165) is 0 Å². The number of hydroxylamine groups is 2. The van der Waals surface area contributed by atoms with Crippen LogP contribution < -0.4 is 0 Å². The van der Waals surface area contributed by atoms with E-state index in [1.54, 1.807) is 0 Å². The van der Waals surface area contributed by atoms with Crippen molar-refractivity contribution in [2.75, 3.05) is 0 Å². The third kappa shape index (κ3) is 2.94. The molecule has 7 nitrogen and oxygen atoms in total. The van der Waals surface area contributed by atoms with E-state index >= 15 is 0 Å². The van der Waals surface area contributed by atoms with Gasteiger partial charge in [0.1, 0.15) is 6.10 Å². The highest BCUT2D eigenvalue weighted by Crippen LogP contribution is 2.38. The maximum atomic E-state index is 12.0. The Balaban J connectivity index is 2.08. The highest BCUT2D eigenvalue weighted by Gasteiger charge is 2.47. The summed E-state index contributed by atoms with van der Waals surface area (Å²) in [4.78, 5) is 35.7. The lowest BCUT2D eigenvalue weighted by Crippen LogP contribution is -2.61. The third-order valence-corrected chi connectivity index (χ3v) is 4.10. The van der Waals surface area contributed by atoms with Gasteiger partial charge >= 0.3 is 6.09 Å². The summed E-state index contributed by atoms with van der Waals surface area (Å²) in [6.07, 6.45) is -0.387. The molecule has 21 heavy (non-hydrogen) atoms. The molecule has 7 heteroatoms. The molecule has 0 aliphatic carbocycles. The number of ether oxygens (including phenoxy) is 1. The van der Waals surface area contributed by atoms with Crippen LogP contribution in [0.15, 0.2) is 0 Å². The van der Waals surface area contributed by atoms with Gasteiger partial charge in [-0.15, -0.1) is 0 Å². The molecule has 118 valence electrons. The lowest BCUT2D eigenvalue weighted by Gasteiger charge is -2.50. The van der Waals surface area contributed by atoms with Crippen molar-refractivity contribution in [1.29, 1.82) is 0 Å². The minimum absolute atomic E-state index is 0.0556. The van der Waals surface area contributed by atoms with Gasteiger partial charge in [0.05, 0.1) is 0 Å². The molecule has 2 heterocycles. The first-order chi connectivity index (χ1) is 9.54. The average molecular weight is 298 g/mol. The van der Waals surface area contributed by atoms with Crippen molar-refractivity contribution in [1.82, 2.24) is 9.96 Å². The standard InChI is InChI=1S/C14H22N2O5/c1-13(2)7-9(8-14(3,4)16(13)20)21-12(19)15-10(17)5-6-11(15)18/h9,20H,5-8H2,1-4H3. The summed E-state index contributed by atoms with van der Waals surface area (Å²) < 4.78 is 5.34. The van der Waals surface area contributed by atoms with E-state index in [9.17, 15) is 19.6 Å². The largest absolute Gasteiger partial charge is 0.445 e. The molecule has 2 rings (SSSR count). The number of carbonyl (C=O) groups excluding carboxylic acids is 3. The second-order valence-corrected chi connectivity index (χ2v) is 6.97. The average Bonchev–Trinajstić information content (AvgIpc) is 2.65. The number of nitrogens with zero attached hydrogens (tertiary/aromatic N) is 2. The molecule has 2 aliphatic rings. The van der Waals surface area contributed by atoms with Gasteiger partial charge in [-0.05, 0) is 27.7 Å². The minimum Gasteiger partial charge on any atom is -0.445 e. The molecule has 0 aromatic carbocycles. The third-order valence-electron chi connectivity index (χ3n) is 4.10. The highest BCUT2D eigenvalue weighted by atomic mass is 16.6. The summed E-state index contributed by atoms with van der Waals surface area (Å²) in [6.45, 7) is 7.39. The van der Waals surface area contributed by atoms with Crippen LogP contribution >= 0.6 is 0 Å². The summed E-state index contributed by atoms with van der Waals surface area (Å²) in [5.74, 6) is -1.02. The van der Waals surface area contributed by atoms with Crippen molar-refractivity contribution in [3.05, 3.63) is 0 Å². The molecule has 0 saturated carbocycles. The van der Waals surface area contributed by atoms with Crippen LogP contribution in [0.3, 0.4) is 0 Å². The molecule has 0 atom stereocenters. The van der Waals surface area contributed by atoms with Crippen LogP contribution in [-0.4, -0.2) is 50.3 Å². The van der Waals surface area contributed by atoms with Gasteiger partial charge in [-0.1, -0.05) is 0 Å². The second-order valence-electron chi connectivity index (χ2n) is 6.97. The van der Waals surface area contributed by atoms with E-state index < -0.39 is 35.1 Å². The number of hydrogen-bond acceptors (Lipinski definition) is 6. The molecule has 0 radical (unpaired) electrons. The Hall–Kier alpha value is -1.47. The molecule has 2 aliphatic heterocycles. The first kappa shape index (κ1) is 15.9. The predicted molar refractivity (Wildman–Crippen MR) is 72.4 cm³/mol. The van der Waals surface area contributed by atoms with E-state index in [0.29, 0.717) is 17.7 Å². The smallest absolute Gasteiger partial charge is 0.423 e. The first-order valence-corrected chi connectivity index (χ1v) is 7.10. The van der Waals surface area contributed by atoms with Crippen molar-refractivity contribution >= 4 is 17.9 Å². The molecule has 0 bridgehead atoms. The van der Waals surface area contributed by atoms with E-state index in [1.165, 1.54) is 5.06 Å². The Morgan fingerprint density at radius 3 is 1.95 bits per heavy atom. The predicted octanol–water partition coefficient (Wildman–Crippen LogP) is 1.68. The number of amides is 3. The van der Waals surface area contributed by atoms with E-state index in [1.807, 2.05) is 27.7 Å². The van der Waals surface area contributed by atoms with Crippen LogP contribution in [0.1, 0.15) is 53.4 Å². The zero-order chi connectivity index (χ0) is 16.0. The Kier molecular flexibility index (Phi) is 3.84. The van der Waals surface area contributed by atoms with Gasteiger partial charge in [0.25, 0.3) is 0 Å². The van der Waals surface area contributed by atoms with E-state index in [4.69, 9.17) is 4.74 Å². The van der Waals surface area contributed by atoms with E-state index in [-0.39, 0.29) is 12.8 Å². The van der Waals surface area contributed by atoms with Gasteiger partial charge in [-0.3, -0.25) is 9.59 Å². The summed E-state index contributed by atoms with van der Waals surface area (Å²) in [7, 11) is 0. The van der Waals surface area contributed by atoms with E-state index in [2.05, 4.69) is 0 Å². The Labute approximate surface area is 123 Å². The lowest BCUT2D eigenvalue weighted by molar-refractivity contribution is -0.257. The fraction of sp³-hybridized carbons (Fsp3) is 0.786. The van der Waals surface area contributed by atoms with Gasteiger partial charge in [-0.2, -0.15) is 9.96 Å². The molecule has 0 aromatic heterocycles. The number of carbonyl (C=O) groups is 3. The SMILES string of the molecule is CC1(C)CC(OC(=O)N2C(=O)CCC2=O)CC(C)(C)N1O. The van der Waals surface area contributed by atoms with Crippen LogP contribution in [0, 0.1) is 0 Å². The summed E-state index contributed by atoms with van der Waals surface area (Å²) >= 11 is 0. The summed E-state index contributed by atoms with van der Waals surface area (Å²) in [5, 5.41) is 11.5. The molecular formula is C14H22N2O5.